The standard InChI is InChI=1S/C25H31F3N6O3/c1-37-24-20(25(26,27)28)8-16(9-29-24)34-7-6-21-19(11-34)23(31-13-30-21)32-22-12-33(14-35)10-18(22)15-2-4-17(36)5-3-15/h8-9,13-15,17-18,22,36H,2-7,10-12H2,1H3,(H,30,31,32)/t15-,17-,18?,22-/m1/s1. The lowest BCUT2D eigenvalue weighted by Gasteiger charge is -2.34. The van der Waals surface area contributed by atoms with Crippen molar-refractivity contribution in [3.63, 3.8) is 0 Å². The SMILES string of the molecule is COc1ncc(N2CCc3ncnc(N[C@@H]4CN(C=O)CC4[C@H]4CC[C@H](O)CC4)c3C2)cc1C(F)(F)F. The molecule has 0 spiro atoms. The first-order chi connectivity index (χ1) is 17.8. The number of aliphatic hydroxyl groups excluding tert-OH is 1. The molecular formula is C25H31F3N6O3. The molecule has 2 aromatic rings. The number of amides is 1. The van der Waals surface area contributed by atoms with Crippen LogP contribution in [0.3, 0.4) is 0 Å². The summed E-state index contributed by atoms with van der Waals surface area (Å²) in [6.07, 6.45) is 2.84. The van der Waals surface area contributed by atoms with E-state index in [1.165, 1.54) is 19.6 Å². The van der Waals surface area contributed by atoms with Crippen molar-refractivity contribution in [1.29, 1.82) is 0 Å². The Labute approximate surface area is 213 Å². The number of carbonyl (C=O) groups excluding carboxylic acids is 1. The van der Waals surface area contributed by atoms with Gasteiger partial charge in [0.15, 0.2) is 0 Å². The van der Waals surface area contributed by atoms with E-state index in [-0.39, 0.29) is 18.1 Å². The predicted octanol–water partition coefficient (Wildman–Crippen LogP) is 2.88. The van der Waals surface area contributed by atoms with Crippen LogP contribution in [-0.2, 0) is 23.9 Å². The zero-order chi connectivity index (χ0) is 26.2. The molecule has 1 aliphatic carbocycles. The van der Waals surface area contributed by atoms with Crippen LogP contribution in [0.2, 0.25) is 0 Å². The van der Waals surface area contributed by atoms with Gasteiger partial charge in [-0.05, 0) is 37.7 Å². The third-order valence-electron chi connectivity index (χ3n) is 7.91. The van der Waals surface area contributed by atoms with Crippen LogP contribution in [0.1, 0.15) is 42.5 Å². The first-order valence-corrected chi connectivity index (χ1v) is 12.6. The summed E-state index contributed by atoms with van der Waals surface area (Å²) in [5, 5.41) is 13.5. The molecule has 1 unspecified atom stereocenters. The van der Waals surface area contributed by atoms with E-state index in [9.17, 15) is 23.1 Å². The number of likely N-dealkylation sites (tertiary alicyclic amines) is 1. The van der Waals surface area contributed by atoms with Gasteiger partial charge < -0.3 is 25.0 Å². The number of fused-ring (bicyclic) bond motifs is 1. The molecule has 0 bridgehead atoms. The maximum Gasteiger partial charge on any atom is 0.421 e. The lowest BCUT2D eigenvalue weighted by molar-refractivity contribution is -0.139. The normalized spacial score (nSPS) is 26.1. The summed E-state index contributed by atoms with van der Waals surface area (Å²) in [5.41, 5.74) is 1.12. The Bertz CT molecular complexity index is 1130. The molecule has 4 heterocycles. The number of methoxy groups -OCH3 is 1. The van der Waals surface area contributed by atoms with Crippen LogP contribution in [0, 0.1) is 11.8 Å². The third kappa shape index (κ3) is 5.29. The van der Waals surface area contributed by atoms with E-state index in [1.54, 1.807) is 4.90 Å². The van der Waals surface area contributed by atoms with E-state index in [4.69, 9.17) is 4.74 Å². The quantitative estimate of drug-likeness (QED) is 0.561. The van der Waals surface area contributed by atoms with E-state index in [2.05, 4.69) is 20.3 Å². The first-order valence-electron chi connectivity index (χ1n) is 12.6. The Morgan fingerprint density at radius 2 is 1.95 bits per heavy atom. The highest BCUT2D eigenvalue weighted by Crippen LogP contribution is 2.39. The average molecular weight is 521 g/mol. The van der Waals surface area contributed by atoms with Gasteiger partial charge in [0, 0.05) is 50.1 Å². The second-order valence-corrected chi connectivity index (χ2v) is 10.1. The van der Waals surface area contributed by atoms with Gasteiger partial charge in [0.25, 0.3) is 0 Å². The van der Waals surface area contributed by atoms with Crippen LogP contribution >= 0.6 is 0 Å². The van der Waals surface area contributed by atoms with Crippen molar-refractivity contribution < 1.29 is 27.8 Å². The van der Waals surface area contributed by atoms with Gasteiger partial charge >= 0.3 is 6.18 Å². The Hall–Kier alpha value is -3.15. The fourth-order valence-corrected chi connectivity index (χ4v) is 5.95. The van der Waals surface area contributed by atoms with E-state index >= 15 is 0 Å². The molecule has 1 saturated heterocycles. The molecule has 5 rings (SSSR count). The molecule has 9 nitrogen and oxygen atoms in total. The number of ether oxygens (including phenoxy) is 1. The fourth-order valence-electron chi connectivity index (χ4n) is 5.95. The number of hydrogen-bond donors (Lipinski definition) is 2. The predicted molar refractivity (Wildman–Crippen MR) is 129 cm³/mol. The summed E-state index contributed by atoms with van der Waals surface area (Å²) < 4.78 is 45.5. The van der Waals surface area contributed by atoms with Crippen molar-refractivity contribution in [3.8, 4) is 5.88 Å². The molecule has 2 fully saturated rings. The summed E-state index contributed by atoms with van der Waals surface area (Å²) in [6.45, 7) is 2.02. The minimum atomic E-state index is -4.59. The summed E-state index contributed by atoms with van der Waals surface area (Å²) in [6, 6.07) is 1.06. The van der Waals surface area contributed by atoms with E-state index in [1.807, 2.05) is 4.90 Å². The van der Waals surface area contributed by atoms with Gasteiger partial charge in [-0.25, -0.2) is 15.0 Å². The highest BCUT2D eigenvalue weighted by atomic mass is 19.4. The number of pyridine rings is 1. The number of nitrogens with one attached hydrogen (secondary N) is 1. The maximum atomic E-state index is 13.6. The van der Waals surface area contributed by atoms with E-state index in [0.717, 1.165) is 49.4 Å². The van der Waals surface area contributed by atoms with Crippen LogP contribution < -0.4 is 15.0 Å². The number of rotatable bonds is 6. The van der Waals surface area contributed by atoms with Crippen LogP contribution in [0.25, 0.3) is 0 Å². The molecule has 0 radical (unpaired) electrons. The fraction of sp³-hybridized carbons (Fsp3) is 0.600. The highest BCUT2D eigenvalue weighted by Gasteiger charge is 2.40. The summed E-state index contributed by atoms with van der Waals surface area (Å²) in [7, 11) is 1.17. The molecule has 2 N–H and O–H groups in total. The van der Waals surface area contributed by atoms with Crippen LogP contribution in [-0.4, -0.2) is 70.3 Å². The van der Waals surface area contributed by atoms with E-state index in [0.29, 0.717) is 50.0 Å². The largest absolute Gasteiger partial charge is 0.481 e. The lowest BCUT2D eigenvalue weighted by Crippen LogP contribution is -2.37. The van der Waals surface area contributed by atoms with Crippen molar-refractivity contribution in [2.45, 2.75) is 57.0 Å². The molecule has 12 heteroatoms. The number of carbonyl (C=O) groups is 1. The summed E-state index contributed by atoms with van der Waals surface area (Å²) in [5.74, 6) is 0.807. The van der Waals surface area contributed by atoms with E-state index < -0.39 is 17.6 Å². The monoisotopic (exact) mass is 520 g/mol. The summed E-state index contributed by atoms with van der Waals surface area (Å²) >= 11 is 0. The number of alkyl halides is 3. The number of hydrogen-bond acceptors (Lipinski definition) is 8. The van der Waals surface area contributed by atoms with Crippen LogP contribution in [0.4, 0.5) is 24.7 Å². The molecule has 200 valence electrons. The molecule has 37 heavy (non-hydrogen) atoms. The lowest BCUT2D eigenvalue weighted by atomic mass is 9.77. The minimum absolute atomic E-state index is 0.0145. The van der Waals surface area contributed by atoms with Crippen LogP contribution in [0.5, 0.6) is 5.88 Å². The van der Waals surface area contributed by atoms with Crippen LogP contribution in [0.15, 0.2) is 18.6 Å². The topological polar surface area (TPSA) is 104 Å². The Morgan fingerprint density at radius 1 is 1.16 bits per heavy atom. The third-order valence-corrected chi connectivity index (χ3v) is 7.91. The average Bonchev–Trinajstić information content (AvgIpc) is 3.31. The smallest absolute Gasteiger partial charge is 0.421 e. The molecule has 0 aromatic carbocycles. The molecule has 3 aliphatic rings. The molecule has 1 saturated carbocycles. The number of nitrogens with zero attached hydrogens (tertiary/aromatic N) is 5. The van der Waals surface area contributed by atoms with Gasteiger partial charge in [0.1, 0.15) is 17.7 Å². The molecule has 2 aromatic heterocycles. The number of halogens is 3. The maximum absolute atomic E-state index is 13.6. The summed E-state index contributed by atoms with van der Waals surface area (Å²) in [4.78, 5) is 28.0. The van der Waals surface area contributed by atoms with Gasteiger partial charge in [-0.2, -0.15) is 13.2 Å². The Morgan fingerprint density at radius 3 is 2.65 bits per heavy atom. The van der Waals surface area contributed by atoms with Gasteiger partial charge in [0.2, 0.25) is 12.3 Å². The molecule has 2 atom stereocenters. The van der Waals surface area contributed by atoms with Gasteiger partial charge in [-0.1, -0.05) is 0 Å². The van der Waals surface area contributed by atoms with Crippen molar-refractivity contribution in [2.75, 3.05) is 37.0 Å². The molecular weight excluding hydrogens is 489 g/mol. The number of anilines is 2. The Kier molecular flexibility index (Phi) is 7.11. The zero-order valence-corrected chi connectivity index (χ0v) is 20.6. The molecule has 1 amide bonds. The minimum Gasteiger partial charge on any atom is -0.481 e. The van der Waals surface area contributed by atoms with Gasteiger partial charge in [-0.15, -0.1) is 0 Å². The zero-order valence-electron chi connectivity index (χ0n) is 20.6. The van der Waals surface area contributed by atoms with Gasteiger partial charge in [0.05, 0.1) is 30.8 Å². The van der Waals surface area contributed by atoms with Crippen molar-refractivity contribution >= 4 is 17.9 Å². The van der Waals surface area contributed by atoms with Gasteiger partial charge in [-0.3, -0.25) is 4.79 Å². The van der Waals surface area contributed by atoms with Crippen molar-refractivity contribution in [1.82, 2.24) is 19.9 Å². The number of aliphatic hydroxyl groups is 1. The second-order valence-electron chi connectivity index (χ2n) is 10.1. The highest BCUT2D eigenvalue weighted by molar-refractivity contribution is 5.56. The second kappa shape index (κ2) is 10.3. The van der Waals surface area contributed by atoms with Crippen molar-refractivity contribution in [3.05, 3.63) is 35.4 Å². The first kappa shape index (κ1) is 25.5. The molecule has 2 aliphatic heterocycles. The Balaban J connectivity index is 1.38. The number of aromatic nitrogens is 3. The van der Waals surface area contributed by atoms with Crippen molar-refractivity contribution in [2.24, 2.45) is 11.8 Å².